The molecule has 0 N–H and O–H groups in total. The Morgan fingerprint density at radius 3 is 2.47 bits per heavy atom. The zero-order valence-corrected chi connectivity index (χ0v) is 27.1. The van der Waals surface area contributed by atoms with Gasteiger partial charge < -0.3 is 9.30 Å². The Kier molecular flexibility index (Phi) is 7.52. The number of carbonyl (C=O) groups is 1. The maximum Gasteiger partial charge on any atom is 0.338 e. The molecule has 0 aliphatic carbocycles. The molecule has 8 rings (SSSR count). The molecule has 8 heteroatoms. The lowest BCUT2D eigenvalue weighted by Gasteiger charge is -2.24. The van der Waals surface area contributed by atoms with Crippen LogP contribution in [0.4, 0.5) is 0 Å². The summed E-state index contributed by atoms with van der Waals surface area (Å²) in [5.41, 5.74) is 4.77. The summed E-state index contributed by atoms with van der Waals surface area (Å²) < 4.78 is 10.0. The molecule has 0 radical (unpaired) electrons. The van der Waals surface area contributed by atoms with Crippen LogP contribution in [-0.4, -0.2) is 21.7 Å². The molecule has 0 bridgehead atoms. The number of hydrogen-bond donors (Lipinski definition) is 0. The fraction of sp³-hybridized carbons (Fsp3) is 0.103. The van der Waals surface area contributed by atoms with E-state index >= 15 is 0 Å². The lowest BCUT2D eigenvalue weighted by molar-refractivity contribution is -0.138. The summed E-state index contributed by atoms with van der Waals surface area (Å²) in [5, 5.41) is 5.45. The third-order valence-corrected chi connectivity index (χ3v) is 10.4. The molecule has 3 aromatic heterocycles. The zero-order chi connectivity index (χ0) is 31.9. The average Bonchev–Trinajstić information content (AvgIpc) is 3.84. The summed E-state index contributed by atoms with van der Waals surface area (Å²) in [7, 11) is 0. The monoisotopic (exact) mass is 651 g/mol. The number of fused-ring (bicyclic) bond motifs is 3. The molecule has 0 unspecified atom stereocenters. The molecule has 0 amide bonds. The van der Waals surface area contributed by atoms with Crippen LogP contribution >= 0.6 is 22.7 Å². The van der Waals surface area contributed by atoms with Gasteiger partial charge in [0.1, 0.15) is 6.04 Å². The number of hydrogen-bond acceptors (Lipinski definition) is 6. The SMILES string of the molecule is CCOC(=O)C1=C(c2ccccc2)N=c2s/c(=C\c3cn(Cc4cccc5ccccc45)c4ccccc34)c(=O)n2[C@@H]1c1cccs1. The van der Waals surface area contributed by atoms with Crippen LogP contribution in [-0.2, 0) is 16.1 Å². The van der Waals surface area contributed by atoms with E-state index in [-0.39, 0.29) is 12.2 Å². The lowest BCUT2D eigenvalue weighted by atomic mass is 9.97. The fourth-order valence-corrected chi connectivity index (χ4v) is 8.25. The van der Waals surface area contributed by atoms with Crippen molar-refractivity contribution in [1.82, 2.24) is 9.13 Å². The second-order valence-corrected chi connectivity index (χ2v) is 13.3. The molecule has 1 aliphatic heterocycles. The van der Waals surface area contributed by atoms with Crippen LogP contribution in [0.25, 0.3) is 33.4 Å². The van der Waals surface area contributed by atoms with Crippen LogP contribution in [0.2, 0.25) is 0 Å². The van der Waals surface area contributed by atoms with E-state index in [1.54, 1.807) is 11.5 Å². The molecule has 7 aromatic rings. The van der Waals surface area contributed by atoms with Gasteiger partial charge in [-0.25, -0.2) is 9.79 Å². The van der Waals surface area contributed by atoms with Crippen LogP contribution in [0, 0.1) is 0 Å². The van der Waals surface area contributed by atoms with Gasteiger partial charge in [-0.2, -0.15) is 0 Å². The van der Waals surface area contributed by atoms with Gasteiger partial charge in [0.15, 0.2) is 4.80 Å². The van der Waals surface area contributed by atoms with E-state index in [4.69, 9.17) is 9.73 Å². The van der Waals surface area contributed by atoms with Crippen LogP contribution in [0.15, 0.2) is 136 Å². The number of ether oxygens (including phenoxy) is 1. The van der Waals surface area contributed by atoms with E-state index in [1.807, 2.05) is 66.1 Å². The van der Waals surface area contributed by atoms with Crippen molar-refractivity contribution in [3.63, 3.8) is 0 Å². The number of thiazole rings is 1. The van der Waals surface area contributed by atoms with Crippen LogP contribution in [0.1, 0.15) is 34.5 Å². The Morgan fingerprint density at radius 2 is 1.66 bits per heavy atom. The summed E-state index contributed by atoms with van der Waals surface area (Å²) >= 11 is 2.85. The highest BCUT2D eigenvalue weighted by Gasteiger charge is 2.35. The van der Waals surface area contributed by atoms with E-state index < -0.39 is 12.0 Å². The quantitative estimate of drug-likeness (QED) is 0.172. The molecular weight excluding hydrogens is 623 g/mol. The normalized spacial score (nSPS) is 14.8. The van der Waals surface area contributed by atoms with E-state index in [2.05, 4.69) is 65.4 Å². The van der Waals surface area contributed by atoms with Crippen molar-refractivity contribution in [3.8, 4) is 0 Å². The number of aromatic nitrogens is 2. The van der Waals surface area contributed by atoms with Crippen molar-refractivity contribution in [2.45, 2.75) is 19.5 Å². The molecule has 1 aliphatic rings. The molecular formula is C39H29N3O3S2. The van der Waals surface area contributed by atoms with Gasteiger partial charge in [-0.1, -0.05) is 108 Å². The lowest BCUT2D eigenvalue weighted by Crippen LogP contribution is -2.39. The summed E-state index contributed by atoms with van der Waals surface area (Å²) in [6.45, 7) is 2.69. The first-order valence-corrected chi connectivity index (χ1v) is 17.2. The molecule has 47 heavy (non-hydrogen) atoms. The highest BCUT2D eigenvalue weighted by atomic mass is 32.1. The van der Waals surface area contributed by atoms with Gasteiger partial charge in [-0.05, 0) is 46.8 Å². The molecule has 0 spiro atoms. The number of benzene rings is 4. The summed E-state index contributed by atoms with van der Waals surface area (Å²) in [4.78, 5) is 34.4. The second-order valence-electron chi connectivity index (χ2n) is 11.3. The summed E-state index contributed by atoms with van der Waals surface area (Å²) in [6.07, 6.45) is 4.09. The van der Waals surface area contributed by atoms with Gasteiger partial charge in [0.05, 0.1) is 22.4 Å². The van der Waals surface area contributed by atoms with Crippen molar-refractivity contribution < 1.29 is 9.53 Å². The second kappa shape index (κ2) is 12.1. The smallest absolute Gasteiger partial charge is 0.338 e. The topological polar surface area (TPSA) is 65.6 Å². The van der Waals surface area contributed by atoms with Gasteiger partial charge in [0, 0.05) is 39.6 Å². The highest BCUT2D eigenvalue weighted by Crippen LogP contribution is 2.37. The maximum atomic E-state index is 14.4. The Morgan fingerprint density at radius 1 is 0.894 bits per heavy atom. The fourth-order valence-electron chi connectivity index (χ4n) is 6.43. The molecule has 6 nitrogen and oxygen atoms in total. The predicted octanol–water partition coefficient (Wildman–Crippen LogP) is 7.15. The van der Waals surface area contributed by atoms with E-state index in [9.17, 15) is 9.59 Å². The highest BCUT2D eigenvalue weighted by molar-refractivity contribution is 7.10. The number of para-hydroxylation sites is 1. The van der Waals surface area contributed by atoms with Crippen LogP contribution in [0.3, 0.4) is 0 Å². The molecule has 1 atom stereocenters. The third-order valence-electron chi connectivity index (χ3n) is 8.51. The minimum Gasteiger partial charge on any atom is -0.463 e. The van der Waals surface area contributed by atoms with Crippen molar-refractivity contribution >= 4 is 62.1 Å². The standard InChI is InChI=1S/C39H29N3O3S2/c1-2-45-38(44)34-35(26-13-4-3-5-14-26)40-39-42(36(34)32-20-11-21-46-32)37(43)33(47-39)22-28-24-41(31-19-9-8-18-30(28)31)23-27-16-10-15-25-12-6-7-17-29(25)27/h3-22,24,36H,2,23H2,1H3/b33-22-/t36-/m1/s1. The van der Waals surface area contributed by atoms with Crippen molar-refractivity contribution in [2.24, 2.45) is 4.99 Å². The summed E-state index contributed by atoms with van der Waals surface area (Å²) in [5.74, 6) is -0.473. The van der Waals surface area contributed by atoms with Crippen LogP contribution in [0.5, 0.6) is 0 Å². The van der Waals surface area contributed by atoms with Crippen molar-refractivity contribution in [2.75, 3.05) is 6.61 Å². The first-order valence-electron chi connectivity index (χ1n) is 15.5. The first-order chi connectivity index (χ1) is 23.1. The van der Waals surface area contributed by atoms with Gasteiger partial charge in [-0.15, -0.1) is 11.3 Å². The molecule has 0 saturated carbocycles. The number of thiophene rings is 1. The Bertz CT molecular complexity index is 2500. The van der Waals surface area contributed by atoms with Crippen molar-refractivity contribution in [3.05, 3.63) is 168 Å². The average molecular weight is 652 g/mol. The van der Waals surface area contributed by atoms with E-state index in [1.165, 1.54) is 39.0 Å². The minimum atomic E-state index is -0.657. The Balaban J connectivity index is 1.31. The molecule has 0 saturated heterocycles. The van der Waals surface area contributed by atoms with Gasteiger partial charge in [0.2, 0.25) is 0 Å². The number of carbonyl (C=O) groups excluding carboxylic acids is 1. The molecule has 4 aromatic carbocycles. The Labute approximate surface area is 278 Å². The first kappa shape index (κ1) is 29.1. The van der Waals surface area contributed by atoms with E-state index in [0.717, 1.165) is 26.9 Å². The maximum absolute atomic E-state index is 14.4. The zero-order valence-electron chi connectivity index (χ0n) is 25.5. The molecule has 230 valence electrons. The summed E-state index contributed by atoms with van der Waals surface area (Å²) in [6, 6.07) is 36.0. The predicted molar refractivity (Wildman–Crippen MR) is 190 cm³/mol. The van der Waals surface area contributed by atoms with Gasteiger partial charge in [-0.3, -0.25) is 9.36 Å². The van der Waals surface area contributed by atoms with Gasteiger partial charge >= 0.3 is 5.97 Å². The number of nitrogens with zero attached hydrogens (tertiary/aromatic N) is 3. The van der Waals surface area contributed by atoms with Crippen molar-refractivity contribution in [1.29, 1.82) is 0 Å². The largest absolute Gasteiger partial charge is 0.463 e. The number of rotatable bonds is 7. The third kappa shape index (κ3) is 5.16. The van der Waals surface area contributed by atoms with E-state index in [0.29, 0.717) is 27.1 Å². The van der Waals surface area contributed by atoms with Gasteiger partial charge in [0.25, 0.3) is 5.56 Å². The molecule has 0 fully saturated rings. The number of esters is 1. The Hall–Kier alpha value is -5.31. The van der Waals surface area contributed by atoms with Crippen LogP contribution < -0.4 is 14.9 Å². The minimum absolute atomic E-state index is 0.188. The molecule has 4 heterocycles.